The SMILES string of the molecule is CC1(NC[C@H](O)CO)CC1. The molecule has 0 aliphatic heterocycles. The highest BCUT2D eigenvalue weighted by Gasteiger charge is 2.36. The molecular weight excluding hydrogens is 130 g/mol. The van der Waals surface area contributed by atoms with Gasteiger partial charge in [0.05, 0.1) is 12.7 Å². The lowest BCUT2D eigenvalue weighted by Crippen LogP contribution is -2.36. The Balaban J connectivity index is 2.04. The highest BCUT2D eigenvalue weighted by molar-refractivity contribution is 4.97. The van der Waals surface area contributed by atoms with Crippen LogP contribution in [0.15, 0.2) is 0 Å². The fraction of sp³-hybridized carbons (Fsp3) is 1.00. The molecule has 1 aliphatic rings. The van der Waals surface area contributed by atoms with E-state index < -0.39 is 6.10 Å². The molecule has 1 saturated carbocycles. The molecule has 1 atom stereocenters. The second-order valence-corrected chi connectivity index (χ2v) is 3.28. The number of rotatable bonds is 4. The van der Waals surface area contributed by atoms with Crippen LogP contribution in [0.4, 0.5) is 0 Å². The van der Waals surface area contributed by atoms with E-state index in [0.29, 0.717) is 6.54 Å². The zero-order valence-corrected chi connectivity index (χ0v) is 6.30. The van der Waals surface area contributed by atoms with Gasteiger partial charge in [0.1, 0.15) is 0 Å². The van der Waals surface area contributed by atoms with Crippen molar-refractivity contribution in [3.63, 3.8) is 0 Å². The van der Waals surface area contributed by atoms with Gasteiger partial charge in [-0.1, -0.05) is 0 Å². The summed E-state index contributed by atoms with van der Waals surface area (Å²) >= 11 is 0. The molecule has 0 radical (unpaired) electrons. The Morgan fingerprint density at radius 3 is 2.60 bits per heavy atom. The van der Waals surface area contributed by atoms with Crippen LogP contribution in [0.25, 0.3) is 0 Å². The van der Waals surface area contributed by atoms with E-state index in [1.165, 1.54) is 12.8 Å². The highest BCUT2D eigenvalue weighted by Crippen LogP contribution is 2.33. The summed E-state index contributed by atoms with van der Waals surface area (Å²) in [5.41, 5.74) is 0.260. The minimum absolute atomic E-state index is 0.150. The van der Waals surface area contributed by atoms with Gasteiger partial charge in [-0.2, -0.15) is 0 Å². The Bertz CT molecular complexity index is 112. The summed E-state index contributed by atoms with van der Waals surface area (Å²) in [6.45, 7) is 2.48. The van der Waals surface area contributed by atoms with Crippen molar-refractivity contribution < 1.29 is 10.2 Å². The lowest BCUT2D eigenvalue weighted by molar-refractivity contribution is 0.0915. The van der Waals surface area contributed by atoms with Gasteiger partial charge in [-0.3, -0.25) is 0 Å². The van der Waals surface area contributed by atoms with Crippen molar-refractivity contribution in [1.29, 1.82) is 0 Å². The van der Waals surface area contributed by atoms with Crippen LogP contribution in [0.3, 0.4) is 0 Å². The third-order valence-corrected chi connectivity index (χ3v) is 1.98. The molecule has 0 aromatic carbocycles. The molecule has 0 spiro atoms. The Morgan fingerprint density at radius 2 is 2.20 bits per heavy atom. The van der Waals surface area contributed by atoms with Gasteiger partial charge in [-0.15, -0.1) is 0 Å². The van der Waals surface area contributed by atoms with Gasteiger partial charge in [-0.25, -0.2) is 0 Å². The largest absolute Gasteiger partial charge is 0.394 e. The molecule has 0 bridgehead atoms. The molecule has 3 heteroatoms. The molecule has 60 valence electrons. The fourth-order valence-corrected chi connectivity index (χ4v) is 0.793. The molecule has 0 aromatic heterocycles. The van der Waals surface area contributed by atoms with Gasteiger partial charge in [0.2, 0.25) is 0 Å². The van der Waals surface area contributed by atoms with E-state index in [-0.39, 0.29) is 12.1 Å². The van der Waals surface area contributed by atoms with Gasteiger partial charge < -0.3 is 15.5 Å². The molecule has 0 saturated heterocycles. The summed E-state index contributed by atoms with van der Waals surface area (Å²) in [6, 6.07) is 0. The monoisotopic (exact) mass is 145 g/mol. The second kappa shape index (κ2) is 2.86. The van der Waals surface area contributed by atoms with E-state index in [4.69, 9.17) is 10.2 Å². The van der Waals surface area contributed by atoms with Gasteiger partial charge in [0.25, 0.3) is 0 Å². The molecular formula is C7H15NO2. The smallest absolute Gasteiger partial charge is 0.0895 e. The van der Waals surface area contributed by atoms with Crippen LogP contribution in [0, 0.1) is 0 Å². The van der Waals surface area contributed by atoms with E-state index in [1.807, 2.05) is 0 Å². The van der Waals surface area contributed by atoms with Crippen LogP contribution >= 0.6 is 0 Å². The van der Waals surface area contributed by atoms with Crippen molar-refractivity contribution in [2.75, 3.05) is 13.2 Å². The first-order valence-electron chi connectivity index (χ1n) is 3.70. The van der Waals surface area contributed by atoms with Crippen molar-refractivity contribution in [3.8, 4) is 0 Å². The predicted octanol–water partition coefficient (Wildman–Crippen LogP) is -0.518. The molecule has 1 rings (SSSR count). The van der Waals surface area contributed by atoms with Gasteiger partial charge >= 0.3 is 0 Å². The Labute approximate surface area is 61.1 Å². The van der Waals surface area contributed by atoms with E-state index in [9.17, 15) is 0 Å². The maximum Gasteiger partial charge on any atom is 0.0895 e. The molecule has 0 amide bonds. The first-order valence-corrected chi connectivity index (χ1v) is 3.70. The van der Waals surface area contributed by atoms with Crippen LogP contribution in [-0.4, -0.2) is 35.0 Å². The normalized spacial score (nSPS) is 24.3. The average Bonchev–Trinajstić information content (AvgIpc) is 2.64. The molecule has 1 aliphatic carbocycles. The maximum atomic E-state index is 8.94. The third-order valence-electron chi connectivity index (χ3n) is 1.98. The summed E-state index contributed by atoms with van der Waals surface area (Å²) in [5, 5.41) is 20.6. The zero-order valence-electron chi connectivity index (χ0n) is 6.30. The van der Waals surface area contributed by atoms with Crippen molar-refractivity contribution in [3.05, 3.63) is 0 Å². The zero-order chi connectivity index (χ0) is 7.61. The van der Waals surface area contributed by atoms with Crippen LogP contribution in [0.1, 0.15) is 19.8 Å². The fourth-order valence-electron chi connectivity index (χ4n) is 0.793. The number of hydrogen-bond acceptors (Lipinski definition) is 3. The lowest BCUT2D eigenvalue weighted by Gasteiger charge is -2.13. The van der Waals surface area contributed by atoms with E-state index >= 15 is 0 Å². The Morgan fingerprint density at radius 1 is 1.60 bits per heavy atom. The lowest BCUT2D eigenvalue weighted by atomic mass is 10.3. The predicted molar refractivity (Wildman–Crippen MR) is 38.7 cm³/mol. The van der Waals surface area contributed by atoms with Gasteiger partial charge in [-0.05, 0) is 19.8 Å². The summed E-state index contributed by atoms with van der Waals surface area (Å²) < 4.78 is 0. The Kier molecular flexibility index (Phi) is 2.28. The summed E-state index contributed by atoms with van der Waals surface area (Å²) in [4.78, 5) is 0. The molecule has 3 nitrogen and oxygen atoms in total. The first kappa shape index (κ1) is 7.98. The first-order chi connectivity index (χ1) is 4.66. The standard InChI is InChI=1S/C7H15NO2/c1-7(2-3-7)8-4-6(10)5-9/h6,8-10H,2-5H2,1H3/t6-/m0/s1. The van der Waals surface area contributed by atoms with Crippen LogP contribution < -0.4 is 5.32 Å². The molecule has 10 heavy (non-hydrogen) atoms. The number of hydrogen-bond donors (Lipinski definition) is 3. The molecule has 1 fully saturated rings. The number of nitrogens with one attached hydrogen (secondary N) is 1. The maximum absolute atomic E-state index is 8.94. The van der Waals surface area contributed by atoms with E-state index in [0.717, 1.165) is 0 Å². The quantitative estimate of drug-likeness (QED) is 0.499. The van der Waals surface area contributed by atoms with Crippen LogP contribution in [-0.2, 0) is 0 Å². The second-order valence-electron chi connectivity index (χ2n) is 3.28. The topological polar surface area (TPSA) is 52.5 Å². The minimum Gasteiger partial charge on any atom is -0.394 e. The van der Waals surface area contributed by atoms with Crippen molar-refractivity contribution in [2.45, 2.75) is 31.4 Å². The summed E-state index contributed by atoms with van der Waals surface area (Å²) in [7, 11) is 0. The van der Waals surface area contributed by atoms with Crippen LogP contribution in [0.2, 0.25) is 0 Å². The molecule has 3 N–H and O–H groups in total. The number of aliphatic hydroxyl groups excluding tert-OH is 2. The van der Waals surface area contributed by atoms with Crippen molar-refractivity contribution >= 4 is 0 Å². The van der Waals surface area contributed by atoms with E-state index in [1.54, 1.807) is 0 Å². The summed E-state index contributed by atoms with van der Waals surface area (Å²) in [5.74, 6) is 0. The molecule has 0 aromatic rings. The van der Waals surface area contributed by atoms with E-state index in [2.05, 4.69) is 12.2 Å². The van der Waals surface area contributed by atoms with Crippen molar-refractivity contribution in [2.24, 2.45) is 0 Å². The van der Waals surface area contributed by atoms with Gasteiger partial charge in [0, 0.05) is 12.1 Å². The number of β-amino-alcohol motifs (C(OH)–C–C–N with tert-alkyl or cyclic N) is 1. The molecule has 0 unspecified atom stereocenters. The van der Waals surface area contributed by atoms with Crippen LogP contribution in [0.5, 0.6) is 0 Å². The van der Waals surface area contributed by atoms with Crippen molar-refractivity contribution in [1.82, 2.24) is 5.32 Å². The highest BCUT2D eigenvalue weighted by atomic mass is 16.3. The Hall–Kier alpha value is -0.120. The molecule has 0 heterocycles. The number of aliphatic hydroxyl groups is 2. The van der Waals surface area contributed by atoms with Gasteiger partial charge in [0.15, 0.2) is 0 Å². The summed E-state index contributed by atoms with van der Waals surface area (Å²) in [6.07, 6.45) is 1.77. The average molecular weight is 145 g/mol. The minimum atomic E-state index is -0.600. The third kappa shape index (κ3) is 2.25.